The first-order valence-electron chi connectivity index (χ1n) is 3.45. The Hall–Kier alpha value is -0.520. The molecule has 0 aliphatic carbocycles. The lowest BCUT2D eigenvalue weighted by Gasteiger charge is -2.02. The Morgan fingerprint density at radius 1 is 1.33 bits per heavy atom. The summed E-state index contributed by atoms with van der Waals surface area (Å²) in [5.41, 5.74) is 0. The van der Waals surface area contributed by atoms with E-state index in [2.05, 4.69) is 20.1 Å². The molecule has 51 valence electrons. The minimum atomic E-state index is 1.13. The first kappa shape index (κ1) is 8.48. The van der Waals surface area contributed by atoms with Gasteiger partial charge in [0.1, 0.15) is 0 Å². The van der Waals surface area contributed by atoms with Crippen LogP contribution in [0.2, 0.25) is 0 Å². The second-order valence-electron chi connectivity index (χ2n) is 2.09. The molecule has 0 saturated carbocycles. The highest BCUT2D eigenvalue weighted by atomic mass is 14.0. The van der Waals surface area contributed by atoms with Gasteiger partial charge in [-0.2, -0.15) is 0 Å². The van der Waals surface area contributed by atoms with Crippen LogP contribution < -0.4 is 0 Å². The van der Waals surface area contributed by atoms with E-state index in [9.17, 15) is 0 Å². The van der Waals surface area contributed by atoms with Gasteiger partial charge in [-0.25, -0.2) is 0 Å². The summed E-state index contributed by atoms with van der Waals surface area (Å²) in [6.07, 6.45) is 7.37. The van der Waals surface area contributed by atoms with Gasteiger partial charge in [0, 0.05) is 5.92 Å². The standard InChI is InChI=1S/C9H15/c1-4-7-8-9(5-2)6-3/h5-6H,2-4,7-8H2,1H3. The van der Waals surface area contributed by atoms with Gasteiger partial charge >= 0.3 is 0 Å². The normalized spacial score (nSPS) is 9.56. The molecule has 0 aromatic heterocycles. The average molecular weight is 123 g/mol. The molecular formula is C9H15. The molecule has 0 unspecified atom stereocenters. The van der Waals surface area contributed by atoms with Crippen molar-refractivity contribution < 1.29 is 0 Å². The van der Waals surface area contributed by atoms with Crippen LogP contribution in [0.1, 0.15) is 26.2 Å². The summed E-state index contributed by atoms with van der Waals surface area (Å²) in [6.45, 7) is 9.54. The Bertz CT molecular complexity index is 74.0. The summed E-state index contributed by atoms with van der Waals surface area (Å²) in [4.78, 5) is 0. The zero-order chi connectivity index (χ0) is 7.11. The quantitative estimate of drug-likeness (QED) is 0.527. The summed E-state index contributed by atoms with van der Waals surface area (Å²) in [5, 5.41) is 0. The third kappa shape index (κ3) is 4.01. The Balaban J connectivity index is 3.30. The van der Waals surface area contributed by atoms with E-state index in [1.807, 2.05) is 12.2 Å². The van der Waals surface area contributed by atoms with Gasteiger partial charge in [0.25, 0.3) is 0 Å². The van der Waals surface area contributed by atoms with Crippen molar-refractivity contribution in [1.29, 1.82) is 0 Å². The molecule has 9 heavy (non-hydrogen) atoms. The third-order valence-electron chi connectivity index (χ3n) is 1.34. The summed E-state index contributed by atoms with van der Waals surface area (Å²) >= 11 is 0. The smallest absolute Gasteiger partial charge is 0.0181 e. The minimum absolute atomic E-state index is 1.13. The molecule has 0 amide bonds. The van der Waals surface area contributed by atoms with Gasteiger partial charge in [0.15, 0.2) is 0 Å². The monoisotopic (exact) mass is 123 g/mol. The average Bonchev–Trinajstić information content (AvgIpc) is 1.91. The Morgan fingerprint density at radius 3 is 2.22 bits per heavy atom. The fourth-order valence-electron chi connectivity index (χ4n) is 0.668. The molecule has 0 nitrogen and oxygen atoms in total. The van der Waals surface area contributed by atoms with Gasteiger partial charge in [-0.1, -0.05) is 31.9 Å². The van der Waals surface area contributed by atoms with Gasteiger partial charge in [-0.15, -0.1) is 13.2 Å². The van der Waals surface area contributed by atoms with E-state index in [4.69, 9.17) is 0 Å². The maximum absolute atomic E-state index is 3.68. The lowest BCUT2D eigenvalue weighted by molar-refractivity contribution is 0.768. The molecule has 0 atom stereocenters. The van der Waals surface area contributed by atoms with Crippen molar-refractivity contribution in [3.8, 4) is 0 Å². The minimum Gasteiger partial charge on any atom is -0.102 e. The molecule has 0 aliphatic rings. The molecule has 1 radical (unpaired) electrons. The van der Waals surface area contributed by atoms with Crippen LogP contribution in [0.4, 0.5) is 0 Å². The lowest BCUT2D eigenvalue weighted by atomic mass is 10.0. The van der Waals surface area contributed by atoms with Crippen molar-refractivity contribution in [3.05, 3.63) is 31.2 Å². The zero-order valence-corrected chi connectivity index (χ0v) is 6.19. The molecule has 0 heteroatoms. The summed E-state index contributed by atoms with van der Waals surface area (Å²) in [7, 11) is 0. The Morgan fingerprint density at radius 2 is 1.89 bits per heavy atom. The van der Waals surface area contributed by atoms with Crippen molar-refractivity contribution in [2.24, 2.45) is 0 Å². The van der Waals surface area contributed by atoms with E-state index in [1.54, 1.807) is 0 Å². The molecule has 0 bridgehead atoms. The van der Waals surface area contributed by atoms with Crippen LogP contribution in [0.25, 0.3) is 0 Å². The molecule has 0 heterocycles. The van der Waals surface area contributed by atoms with Crippen LogP contribution in [-0.4, -0.2) is 0 Å². The second-order valence-corrected chi connectivity index (χ2v) is 2.09. The van der Waals surface area contributed by atoms with Crippen molar-refractivity contribution in [2.75, 3.05) is 0 Å². The van der Waals surface area contributed by atoms with Gasteiger partial charge < -0.3 is 0 Å². The van der Waals surface area contributed by atoms with Crippen LogP contribution in [0.3, 0.4) is 0 Å². The van der Waals surface area contributed by atoms with E-state index in [1.165, 1.54) is 18.8 Å². The van der Waals surface area contributed by atoms with Gasteiger partial charge in [-0.05, 0) is 6.42 Å². The first-order chi connectivity index (χ1) is 4.35. The molecule has 0 spiro atoms. The maximum Gasteiger partial charge on any atom is 0.0181 e. The third-order valence-corrected chi connectivity index (χ3v) is 1.34. The van der Waals surface area contributed by atoms with E-state index in [-0.39, 0.29) is 0 Å². The van der Waals surface area contributed by atoms with Crippen molar-refractivity contribution in [2.45, 2.75) is 26.2 Å². The highest BCUT2D eigenvalue weighted by molar-refractivity contribution is 5.17. The van der Waals surface area contributed by atoms with E-state index >= 15 is 0 Å². The molecule has 0 aliphatic heterocycles. The van der Waals surface area contributed by atoms with Gasteiger partial charge in [0.2, 0.25) is 0 Å². The van der Waals surface area contributed by atoms with E-state index in [0.29, 0.717) is 0 Å². The van der Waals surface area contributed by atoms with Crippen molar-refractivity contribution in [1.82, 2.24) is 0 Å². The Kier molecular flexibility index (Phi) is 5.29. The highest BCUT2D eigenvalue weighted by Crippen LogP contribution is 2.11. The second kappa shape index (κ2) is 5.61. The summed E-state index contributed by atoms with van der Waals surface area (Å²) < 4.78 is 0. The Labute approximate surface area is 58.3 Å². The van der Waals surface area contributed by atoms with Gasteiger partial charge in [-0.3, -0.25) is 0 Å². The maximum atomic E-state index is 3.68. The molecule has 0 fully saturated rings. The summed E-state index contributed by atoms with van der Waals surface area (Å²) in [6, 6.07) is 0. The number of allylic oxidation sites excluding steroid dienone is 2. The molecule has 0 N–H and O–H groups in total. The number of unbranched alkanes of at least 4 members (excludes halogenated alkanes) is 1. The fourth-order valence-corrected chi connectivity index (χ4v) is 0.668. The first-order valence-corrected chi connectivity index (χ1v) is 3.45. The van der Waals surface area contributed by atoms with Crippen LogP contribution in [0.5, 0.6) is 0 Å². The van der Waals surface area contributed by atoms with Crippen molar-refractivity contribution >= 4 is 0 Å². The molecule has 0 rings (SSSR count). The van der Waals surface area contributed by atoms with E-state index in [0.717, 1.165) is 6.42 Å². The SMILES string of the molecule is C=C[C](C=C)CCCC. The van der Waals surface area contributed by atoms with Crippen LogP contribution in [0.15, 0.2) is 25.3 Å². The van der Waals surface area contributed by atoms with E-state index < -0.39 is 0 Å². The predicted molar refractivity (Wildman–Crippen MR) is 43.2 cm³/mol. The number of hydrogen-bond donors (Lipinski definition) is 0. The highest BCUT2D eigenvalue weighted by Gasteiger charge is 1.95. The van der Waals surface area contributed by atoms with Crippen LogP contribution in [0, 0.1) is 5.92 Å². The fraction of sp³-hybridized carbons (Fsp3) is 0.444. The zero-order valence-electron chi connectivity index (χ0n) is 6.19. The topological polar surface area (TPSA) is 0 Å². The van der Waals surface area contributed by atoms with Crippen LogP contribution in [-0.2, 0) is 0 Å². The molecule has 0 aromatic carbocycles. The number of hydrogen-bond acceptors (Lipinski definition) is 0. The molecule has 0 aromatic rings. The van der Waals surface area contributed by atoms with Crippen LogP contribution >= 0.6 is 0 Å². The number of rotatable bonds is 5. The summed E-state index contributed by atoms with van der Waals surface area (Å²) in [5.74, 6) is 1.26. The van der Waals surface area contributed by atoms with Gasteiger partial charge in [0.05, 0.1) is 0 Å². The largest absolute Gasteiger partial charge is 0.102 e. The molecule has 0 saturated heterocycles. The van der Waals surface area contributed by atoms with Crippen molar-refractivity contribution in [3.63, 3.8) is 0 Å². The molecular weight excluding hydrogens is 108 g/mol. The lowest BCUT2D eigenvalue weighted by Crippen LogP contribution is -1.85. The predicted octanol–water partition coefficient (Wildman–Crippen LogP) is 3.12.